The smallest absolute Gasteiger partial charge is 0.343 e. The van der Waals surface area contributed by atoms with Gasteiger partial charge in [0, 0.05) is 19.6 Å². The van der Waals surface area contributed by atoms with Crippen LogP contribution in [-0.4, -0.2) is 56.5 Å². The molecule has 0 radical (unpaired) electrons. The first-order valence-electron chi connectivity index (χ1n) is 9.25. The predicted molar refractivity (Wildman–Crippen MR) is 99.0 cm³/mol. The van der Waals surface area contributed by atoms with Crippen molar-refractivity contribution in [2.75, 3.05) is 19.7 Å². The minimum absolute atomic E-state index is 0.00907. The number of H-pyrrole nitrogens is 1. The molecule has 0 spiro atoms. The van der Waals surface area contributed by atoms with Crippen molar-refractivity contribution in [2.24, 2.45) is 5.92 Å². The van der Waals surface area contributed by atoms with Crippen LogP contribution in [0.1, 0.15) is 46.5 Å². The third-order valence-corrected chi connectivity index (χ3v) is 5.59. The summed E-state index contributed by atoms with van der Waals surface area (Å²) < 4.78 is 6.65. The SMILES string of the molecule is CCCCn1c(S[C@H](C)C(=O)N2CCC(C(=O)OCC)CC2)n[nH]c1=O. The molecule has 1 atom stereocenters. The molecule has 1 fully saturated rings. The minimum Gasteiger partial charge on any atom is -0.466 e. The summed E-state index contributed by atoms with van der Waals surface area (Å²) in [5.41, 5.74) is -0.240. The molecular weight excluding hydrogens is 356 g/mol. The van der Waals surface area contributed by atoms with Crippen molar-refractivity contribution in [3.05, 3.63) is 10.5 Å². The molecule has 0 bridgehead atoms. The summed E-state index contributed by atoms with van der Waals surface area (Å²) >= 11 is 1.30. The molecule has 0 saturated carbocycles. The lowest BCUT2D eigenvalue weighted by molar-refractivity contribution is -0.151. The highest BCUT2D eigenvalue weighted by molar-refractivity contribution is 8.00. The zero-order valence-electron chi connectivity index (χ0n) is 15.7. The summed E-state index contributed by atoms with van der Waals surface area (Å²) in [7, 11) is 0. The van der Waals surface area contributed by atoms with E-state index in [1.54, 1.807) is 16.4 Å². The number of nitrogens with one attached hydrogen (secondary N) is 1. The fourth-order valence-electron chi connectivity index (χ4n) is 2.97. The first-order chi connectivity index (χ1) is 12.5. The molecule has 2 rings (SSSR count). The van der Waals surface area contributed by atoms with Gasteiger partial charge in [0.1, 0.15) is 0 Å². The van der Waals surface area contributed by atoms with E-state index in [4.69, 9.17) is 4.74 Å². The fourth-order valence-corrected chi connectivity index (χ4v) is 3.93. The maximum absolute atomic E-state index is 12.7. The molecule has 26 heavy (non-hydrogen) atoms. The van der Waals surface area contributed by atoms with Crippen LogP contribution in [0.15, 0.2) is 9.95 Å². The van der Waals surface area contributed by atoms with Gasteiger partial charge in [-0.15, -0.1) is 5.10 Å². The van der Waals surface area contributed by atoms with Crippen molar-refractivity contribution in [1.82, 2.24) is 19.7 Å². The standard InChI is InChI=1S/C17H28N4O4S/c1-4-6-9-21-16(24)18-19-17(21)26-12(3)14(22)20-10-7-13(8-11-20)15(23)25-5-2/h12-13H,4-11H2,1-3H3,(H,18,24)/t12-/m1/s1. The highest BCUT2D eigenvalue weighted by atomic mass is 32.2. The number of nitrogens with zero attached hydrogens (tertiary/aromatic N) is 3. The van der Waals surface area contributed by atoms with Crippen LogP contribution in [0.4, 0.5) is 0 Å². The molecular formula is C17H28N4O4S. The second-order valence-electron chi connectivity index (χ2n) is 6.43. The van der Waals surface area contributed by atoms with Crippen LogP contribution >= 0.6 is 11.8 Å². The number of ether oxygens (including phenoxy) is 1. The molecule has 8 nitrogen and oxygen atoms in total. The van der Waals surface area contributed by atoms with Gasteiger partial charge in [-0.3, -0.25) is 14.2 Å². The Morgan fingerprint density at radius 1 is 1.35 bits per heavy atom. The third kappa shape index (κ3) is 5.12. The normalized spacial score (nSPS) is 16.5. The third-order valence-electron chi connectivity index (χ3n) is 4.52. The predicted octanol–water partition coefficient (Wildman–Crippen LogP) is 1.65. The second-order valence-corrected chi connectivity index (χ2v) is 7.74. The Morgan fingerprint density at radius 3 is 2.65 bits per heavy atom. The van der Waals surface area contributed by atoms with Crippen LogP contribution in [0, 0.1) is 5.92 Å². The molecule has 1 aromatic rings. The van der Waals surface area contributed by atoms with Crippen LogP contribution < -0.4 is 5.69 Å². The zero-order chi connectivity index (χ0) is 19.1. The summed E-state index contributed by atoms with van der Waals surface area (Å²) in [6, 6.07) is 0. The van der Waals surface area contributed by atoms with Gasteiger partial charge < -0.3 is 9.64 Å². The maximum Gasteiger partial charge on any atom is 0.343 e. The zero-order valence-corrected chi connectivity index (χ0v) is 16.5. The van der Waals surface area contributed by atoms with Crippen molar-refractivity contribution in [2.45, 2.75) is 63.4 Å². The molecule has 0 aliphatic carbocycles. The monoisotopic (exact) mass is 384 g/mol. The number of aromatic amines is 1. The average molecular weight is 385 g/mol. The molecule has 1 aromatic heterocycles. The molecule has 1 amide bonds. The van der Waals surface area contributed by atoms with Gasteiger partial charge in [0.2, 0.25) is 5.91 Å². The van der Waals surface area contributed by atoms with Crippen LogP contribution in [0.5, 0.6) is 0 Å². The molecule has 0 unspecified atom stereocenters. The van der Waals surface area contributed by atoms with Gasteiger partial charge in [-0.05, 0) is 33.1 Å². The molecule has 1 aliphatic rings. The van der Waals surface area contributed by atoms with Crippen molar-refractivity contribution >= 4 is 23.6 Å². The Kier molecular flexibility index (Phi) is 7.74. The van der Waals surface area contributed by atoms with Crippen LogP contribution in [0.3, 0.4) is 0 Å². The van der Waals surface area contributed by atoms with E-state index in [1.165, 1.54) is 11.8 Å². The van der Waals surface area contributed by atoms with Crippen LogP contribution in [0.2, 0.25) is 0 Å². The number of aromatic nitrogens is 3. The Hall–Kier alpha value is -1.77. The van der Waals surface area contributed by atoms with Crippen molar-refractivity contribution < 1.29 is 14.3 Å². The lowest BCUT2D eigenvalue weighted by Gasteiger charge is -2.32. The Morgan fingerprint density at radius 2 is 2.04 bits per heavy atom. The Balaban J connectivity index is 1.91. The lowest BCUT2D eigenvalue weighted by atomic mass is 9.97. The molecule has 0 aromatic carbocycles. The quantitative estimate of drug-likeness (QED) is 0.541. The first-order valence-corrected chi connectivity index (χ1v) is 10.1. The highest BCUT2D eigenvalue weighted by Gasteiger charge is 2.31. The molecule has 1 N–H and O–H groups in total. The number of unbranched alkanes of at least 4 members (excludes halogenated alkanes) is 1. The Bertz CT molecular complexity index is 664. The number of hydrogen-bond acceptors (Lipinski definition) is 6. The first kappa shape index (κ1) is 20.5. The van der Waals surface area contributed by atoms with Gasteiger partial charge in [-0.2, -0.15) is 0 Å². The van der Waals surface area contributed by atoms with Crippen LogP contribution in [0.25, 0.3) is 0 Å². The summed E-state index contributed by atoms with van der Waals surface area (Å²) in [5.74, 6) is -0.277. The van der Waals surface area contributed by atoms with Gasteiger partial charge in [0.25, 0.3) is 0 Å². The largest absolute Gasteiger partial charge is 0.466 e. The van der Waals surface area contributed by atoms with E-state index >= 15 is 0 Å². The molecule has 2 heterocycles. The number of rotatable bonds is 8. The number of carbonyl (C=O) groups excluding carboxylic acids is 2. The summed E-state index contributed by atoms with van der Waals surface area (Å²) in [5, 5.41) is 6.71. The maximum atomic E-state index is 12.7. The van der Waals surface area contributed by atoms with Crippen molar-refractivity contribution in [3.8, 4) is 0 Å². The number of piperidine rings is 1. The van der Waals surface area contributed by atoms with Crippen molar-refractivity contribution in [1.29, 1.82) is 0 Å². The van der Waals surface area contributed by atoms with Gasteiger partial charge >= 0.3 is 11.7 Å². The number of hydrogen-bond donors (Lipinski definition) is 1. The number of amides is 1. The van der Waals surface area contributed by atoms with E-state index < -0.39 is 0 Å². The lowest BCUT2D eigenvalue weighted by Crippen LogP contribution is -2.43. The summed E-state index contributed by atoms with van der Waals surface area (Å²) in [6.45, 7) is 7.77. The average Bonchev–Trinajstić information content (AvgIpc) is 2.99. The van der Waals surface area contributed by atoms with Gasteiger partial charge in [0.05, 0.1) is 17.8 Å². The molecule has 9 heteroatoms. The number of thioether (sulfide) groups is 1. The van der Waals surface area contributed by atoms with E-state index in [-0.39, 0.29) is 28.7 Å². The summed E-state index contributed by atoms with van der Waals surface area (Å²) in [6.07, 6.45) is 3.12. The second kappa shape index (κ2) is 9.80. The topological polar surface area (TPSA) is 97.3 Å². The number of esters is 1. The highest BCUT2D eigenvalue weighted by Crippen LogP contribution is 2.25. The van der Waals surface area contributed by atoms with E-state index in [9.17, 15) is 14.4 Å². The van der Waals surface area contributed by atoms with E-state index in [1.807, 2.05) is 6.92 Å². The van der Waals surface area contributed by atoms with Gasteiger partial charge in [-0.25, -0.2) is 9.89 Å². The molecule has 1 aliphatic heterocycles. The summed E-state index contributed by atoms with van der Waals surface area (Å²) in [4.78, 5) is 38.1. The van der Waals surface area contributed by atoms with E-state index in [2.05, 4.69) is 17.1 Å². The number of carbonyl (C=O) groups is 2. The molecule has 1 saturated heterocycles. The Labute approximate surface area is 157 Å². The minimum atomic E-state index is -0.343. The van der Waals surface area contributed by atoms with E-state index in [0.29, 0.717) is 44.2 Å². The van der Waals surface area contributed by atoms with E-state index in [0.717, 1.165) is 12.8 Å². The molecule has 146 valence electrons. The number of likely N-dealkylation sites (tertiary alicyclic amines) is 1. The van der Waals surface area contributed by atoms with Gasteiger partial charge in [0.15, 0.2) is 5.16 Å². The fraction of sp³-hybridized carbons (Fsp3) is 0.765. The van der Waals surface area contributed by atoms with Crippen LogP contribution in [-0.2, 0) is 20.9 Å². The van der Waals surface area contributed by atoms with Gasteiger partial charge in [-0.1, -0.05) is 25.1 Å². The van der Waals surface area contributed by atoms with Crippen molar-refractivity contribution in [3.63, 3.8) is 0 Å².